The first kappa shape index (κ1) is 14.3. The lowest BCUT2D eigenvalue weighted by atomic mass is 10.1. The average Bonchev–Trinajstić information content (AvgIpc) is 2.71. The lowest BCUT2D eigenvalue weighted by Crippen LogP contribution is -2.29. The van der Waals surface area contributed by atoms with E-state index in [4.69, 9.17) is 5.73 Å². The third kappa shape index (κ3) is 3.68. The summed E-state index contributed by atoms with van der Waals surface area (Å²) in [5.41, 5.74) is 6.93. The Balaban J connectivity index is 2.05. The molecule has 5 nitrogen and oxygen atoms in total. The molecule has 0 radical (unpaired) electrons. The lowest BCUT2D eigenvalue weighted by Gasteiger charge is -2.12. The molecule has 1 aromatic carbocycles. The summed E-state index contributed by atoms with van der Waals surface area (Å²) >= 11 is 0. The van der Waals surface area contributed by atoms with Crippen molar-refractivity contribution >= 4 is 15.7 Å². The van der Waals surface area contributed by atoms with Crippen molar-refractivity contribution in [2.75, 3.05) is 12.3 Å². The zero-order valence-electron chi connectivity index (χ0n) is 11.0. The maximum Gasteiger partial charge on any atom is 0.240 e. The van der Waals surface area contributed by atoms with Gasteiger partial charge < -0.3 is 10.8 Å². The number of nitrogens with two attached hydrogens (primary N) is 1. The third-order valence-electron chi connectivity index (χ3n) is 3.46. The number of benzene rings is 1. The first-order valence-corrected chi connectivity index (χ1v) is 7.90. The minimum atomic E-state index is -3.52. The lowest BCUT2D eigenvalue weighted by molar-refractivity contribution is 0.178. The number of nitrogen functional groups attached to an aromatic ring is 1. The average molecular weight is 284 g/mol. The van der Waals surface area contributed by atoms with Crippen LogP contribution in [0.4, 0.5) is 5.69 Å². The summed E-state index contributed by atoms with van der Waals surface area (Å²) in [5.74, 6) is 0.215. The summed E-state index contributed by atoms with van der Waals surface area (Å²) in [7, 11) is -3.52. The van der Waals surface area contributed by atoms with Crippen molar-refractivity contribution in [1.82, 2.24) is 4.72 Å². The van der Waals surface area contributed by atoms with E-state index in [1.807, 2.05) is 6.92 Å². The molecule has 0 heterocycles. The van der Waals surface area contributed by atoms with Gasteiger partial charge in [-0.1, -0.05) is 0 Å². The Morgan fingerprint density at radius 3 is 2.68 bits per heavy atom. The van der Waals surface area contributed by atoms with Crippen LogP contribution < -0.4 is 10.5 Å². The Morgan fingerprint density at radius 2 is 2.11 bits per heavy atom. The smallest absolute Gasteiger partial charge is 0.240 e. The fraction of sp³-hybridized carbons (Fsp3) is 0.538. The summed E-state index contributed by atoms with van der Waals surface area (Å²) < 4.78 is 26.9. The summed E-state index contributed by atoms with van der Waals surface area (Å²) in [5, 5.41) is 9.43. The molecule has 4 N–H and O–H groups in total. The van der Waals surface area contributed by atoms with Crippen molar-refractivity contribution in [2.45, 2.75) is 37.2 Å². The van der Waals surface area contributed by atoms with Crippen molar-refractivity contribution in [2.24, 2.45) is 5.92 Å². The number of hydrogen-bond acceptors (Lipinski definition) is 4. The number of anilines is 1. The van der Waals surface area contributed by atoms with Crippen LogP contribution in [0.25, 0.3) is 0 Å². The first-order chi connectivity index (χ1) is 8.87. The molecule has 1 aromatic rings. The Labute approximate surface area is 113 Å². The molecule has 2 unspecified atom stereocenters. The second-order valence-corrected chi connectivity index (χ2v) is 7.03. The molecule has 0 bridgehead atoms. The van der Waals surface area contributed by atoms with Crippen molar-refractivity contribution < 1.29 is 13.5 Å². The molecule has 0 spiro atoms. The van der Waals surface area contributed by atoms with Crippen LogP contribution in [0, 0.1) is 12.8 Å². The predicted molar refractivity (Wildman–Crippen MR) is 74.1 cm³/mol. The van der Waals surface area contributed by atoms with Crippen molar-refractivity contribution in [3.8, 4) is 0 Å². The third-order valence-corrected chi connectivity index (χ3v) is 4.86. The highest BCUT2D eigenvalue weighted by molar-refractivity contribution is 7.89. The van der Waals surface area contributed by atoms with Crippen LogP contribution >= 0.6 is 0 Å². The molecule has 1 saturated carbocycles. The Kier molecular flexibility index (Phi) is 4.13. The minimum Gasteiger partial charge on any atom is -0.399 e. The molecule has 1 fully saturated rings. The normalized spacial score (nSPS) is 23.7. The number of hydrogen-bond donors (Lipinski definition) is 3. The maximum atomic E-state index is 12.1. The van der Waals surface area contributed by atoms with Gasteiger partial charge >= 0.3 is 0 Å². The molecule has 19 heavy (non-hydrogen) atoms. The molecular formula is C13H20N2O3S. The van der Waals surface area contributed by atoms with Gasteiger partial charge in [0.1, 0.15) is 0 Å². The summed E-state index contributed by atoms with van der Waals surface area (Å²) in [6, 6.07) is 4.79. The van der Waals surface area contributed by atoms with Crippen LogP contribution in [0.5, 0.6) is 0 Å². The second kappa shape index (κ2) is 5.48. The van der Waals surface area contributed by atoms with Gasteiger partial charge in [0.05, 0.1) is 11.0 Å². The summed E-state index contributed by atoms with van der Waals surface area (Å²) in [4.78, 5) is 0.198. The van der Waals surface area contributed by atoms with Crippen LogP contribution in [0.1, 0.15) is 24.8 Å². The SMILES string of the molecule is Cc1cc(N)cc(S(=O)(=O)NCC2CCC(O)C2)c1. The Hall–Kier alpha value is -1.11. The van der Waals surface area contributed by atoms with Gasteiger partial charge in [0, 0.05) is 12.2 Å². The molecule has 1 aliphatic carbocycles. The maximum absolute atomic E-state index is 12.1. The molecule has 0 aliphatic heterocycles. The molecule has 0 aromatic heterocycles. The molecule has 106 valence electrons. The fourth-order valence-electron chi connectivity index (χ4n) is 2.48. The predicted octanol–water partition coefficient (Wildman–Crippen LogP) is 1.02. The van der Waals surface area contributed by atoms with E-state index < -0.39 is 10.0 Å². The van der Waals surface area contributed by atoms with Crippen LogP contribution in [0.2, 0.25) is 0 Å². The fourth-order valence-corrected chi connectivity index (χ4v) is 3.73. The van der Waals surface area contributed by atoms with Crippen LogP contribution in [-0.2, 0) is 10.0 Å². The highest BCUT2D eigenvalue weighted by Crippen LogP contribution is 2.25. The van der Waals surface area contributed by atoms with Gasteiger partial charge in [-0.2, -0.15) is 0 Å². The van der Waals surface area contributed by atoms with Crippen LogP contribution in [-0.4, -0.2) is 26.2 Å². The number of aliphatic hydroxyl groups excluding tert-OH is 1. The number of sulfonamides is 1. The van der Waals surface area contributed by atoms with Crippen molar-refractivity contribution in [3.63, 3.8) is 0 Å². The van der Waals surface area contributed by atoms with E-state index in [1.165, 1.54) is 6.07 Å². The molecule has 6 heteroatoms. The molecule has 0 amide bonds. The van der Waals surface area contributed by atoms with E-state index >= 15 is 0 Å². The number of aliphatic hydroxyl groups is 1. The summed E-state index contributed by atoms with van der Waals surface area (Å²) in [6.45, 7) is 2.18. The van der Waals surface area contributed by atoms with Gasteiger partial charge in [0.2, 0.25) is 10.0 Å². The minimum absolute atomic E-state index is 0.198. The van der Waals surface area contributed by atoms with E-state index in [0.717, 1.165) is 18.4 Å². The van der Waals surface area contributed by atoms with E-state index in [2.05, 4.69) is 4.72 Å². The van der Waals surface area contributed by atoms with E-state index in [0.29, 0.717) is 18.7 Å². The van der Waals surface area contributed by atoms with Gasteiger partial charge in [-0.05, 0) is 55.9 Å². The topological polar surface area (TPSA) is 92.4 Å². The zero-order chi connectivity index (χ0) is 14.0. The Morgan fingerprint density at radius 1 is 1.37 bits per heavy atom. The highest BCUT2D eigenvalue weighted by atomic mass is 32.2. The van der Waals surface area contributed by atoms with Gasteiger partial charge in [-0.25, -0.2) is 13.1 Å². The Bertz CT molecular complexity index is 537. The van der Waals surface area contributed by atoms with E-state index in [1.54, 1.807) is 12.1 Å². The van der Waals surface area contributed by atoms with Crippen LogP contribution in [0.15, 0.2) is 23.1 Å². The van der Waals surface area contributed by atoms with Gasteiger partial charge in [-0.3, -0.25) is 0 Å². The molecule has 1 aliphatic rings. The molecular weight excluding hydrogens is 264 g/mol. The second-order valence-electron chi connectivity index (χ2n) is 5.26. The molecule has 2 rings (SSSR count). The van der Waals surface area contributed by atoms with E-state index in [-0.39, 0.29) is 16.9 Å². The first-order valence-electron chi connectivity index (χ1n) is 6.42. The zero-order valence-corrected chi connectivity index (χ0v) is 11.8. The van der Waals surface area contributed by atoms with Gasteiger partial charge in [0.25, 0.3) is 0 Å². The number of rotatable bonds is 4. The number of nitrogens with one attached hydrogen (secondary N) is 1. The van der Waals surface area contributed by atoms with Crippen LogP contribution in [0.3, 0.4) is 0 Å². The van der Waals surface area contributed by atoms with Crippen molar-refractivity contribution in [1.29, 1.82) is 0 Å². The van der Waals surface area contributed by atoms with Gasteiger partial charge in [0.15, 0.2) is 0 Å². The molecule has 0 saturated heterocycles. The molecule has 2 atom stereocenters. The highest BCUT2D eigenvalue weighted by Gasteiger charge is 2.24. The standard InChI is InChI=1S/C13H20N2O3S/c1-9-4-11(14)7-13(5-9)19(17,18)15-8-10-2-3-12(16)6-10/h4-5,7,10,12,15-16H,2-3,6,8,14H2,1H3. The largest absolute Gasteiger partial charge is 0.399 e. The number of aryl methyl sites for hydroxylation is 1. The van der Waals surface area contributed by atoms with Gasteiger partial charge in [-0.15, -0.1) is 0 Å². The van der Waals surface area contributed by atoms with Crippen molar-refractivity contribution in [3.05, 3.63) is 23.8 Å². The quantitative estimate of drug-likeness (QED) is 0.720. The van der Waals surface area contributed by atoms with E-state index in [9.17, 15) is 13.5 Å². The summed E-state index contributed by atoms with van der Waals surface area (Å²) in [6.07, 6.45) is 1.99. The monoisotopic (exact) mass is 284 g/mol.